The van der Waals surface area contributed by atoms with Gasteiger partial charge in [0, 0.05) is 57.4 Å². The predicted molar refractivity (Wildman–Crippen MR) is 243 cm³/mol. The molecule has 0 radical (unpaired) electrons. The van der Waals surface area contributed by atoms with Crippen LogP contribution in [0.4, 0.5) is 34.1 Å². The molecular weight excluding hydrogens is 709 g/mol. The summed E-state index contributed by atoms with van der Waals surface area (Å²) >= 11 is 0. The highest BCUT2D eigenvalue weighted by Crippen LogP contribution is 2.44. The van der Waals surface area contributed by atoms with Gasteiger partial charge in [-0.25, -0.2) is 0 Å². The van der Waals surface area contributed by atoms with Gasteiger partial charge in [-0.05, 0) is 84.9 Å². The van der Waals surface area contributed by atoms with Crippen LogP contribution in [0, 0.1) is 0 Å². The van der Waals surface area contributed by atoms with Crippen molar-refractivity contribution < 1.29 is 0 Å². The second-order valence-electron chi connectivity index (χ2n) is 15.4. The third kappa shape index (κ3) is 5.04. The first-order valence-corrected chi connectivity index (χ1v) is 20.2. The quantitative estimate of drug-likeness (QED) is 0.162. The Hall–Kier alpha value is -7.44. The average molecular weight is 749 g/mol. The highest BCUT2D eigenvalue weighted by atomic mass is 15.4. The number of rotatable bonds is 7. The molecule has 0 aliphatic carbocycles. The molecule has 58 heavy (non-hydrogen) atoms. The molecule has 0 saturated heterocycles. The van der Waals surface area contributed by atoms with Gasteiger partial charge in [0.2, 0.25) is 0 Å². The van der Waals surface area contributed by atoms with Crippen molar-refractivity contribution in [3.8, 4) is 11.4 Å². The number of benzene rings is 8. The van der Waals surface area contributed by atoms with Crippen LogP contribution >= 0.6 is 0 Å². The van der Waals surface area contributed by atoms with Crippen molar-refractivity contribution in [3.63, 3.8) is 0 Å². The van der Waals surface area contributed by atoms with Gasteiger partial charge in [0.1, 0.15) is 0 Å². The van der Waals surface area contributed by atoms with E-state index in [9.17, 15) is 0 Å². The molecule has 0 amide bonds. The Morgan fingerprint density at radius 3 is 0.983 bits per heavy atom. The van der Waals surface area contributed by atoms with E-state index in [2.05, 4.69) is 223 Å². The molecule has 0 unspecified atom stereocenters. The normalized spacial score (nSPS) is 13.7. The zero-order valence-electron chi connectivity index (χ0n) is 32.0. The molecule has 0 bridgehead atoms. The van der Waals surface area contributed by atoms with Gasteiger partial charge in [-0.2, -0.15) is 0 Å². The van der Waals surface area contributed by atoms with Gasteiger partial charge in [-0.3, -0.25) is 0 Å². The zero-order valence-corrected chi connectivity index (χ0v) is 32.0. The van der Waals surface area contributed by atoms with E-state index < -0.39 is 0 Å². The fourth-order valence-corrected chi connectivity index (χ4v) is 9.63. The van der Waals surface area contributed by atoms with Crippen LogP contribution in [0.5, 0.6) is 0 Å². The molecule has 0 fully saturated rings. The Morgan fingerprint density at radius 1 is 0.293 bits per heavy atom. The van der Waals surface area contributed by atoms with Gasteiger partial charge in [0.15, 0.2) is 0 Å². The maximum absolute atomic E-state index is 2.54. The topological polar surface area (TPSA) is 22.8 Å². The van der Waals surface area contributed by atoms with Crippen molar-refractivity contribution >= 4 is 77.7 Å². The van der Waals surface area contributed by atoms with E-state index >= 15 is 0 Å². The summed E-state index contributed by atoms with van der Waals surface area (Å²) in [5, 5.41) is 5.11. The van der Waals surface area contributed by atoms with Gasteiger partial charge < -0.3 is 28.7 Å². The molecule has 0 atom stereocenters. The Labute approximate surface area is 337 Å². The summed E-state index contributed by atoms with van der Waals surface area (Å²) in [5.74, 6) is 0. The lowest BCUT2D eigenvalue weighted by molar-refractivity contribution is 0.760. The van der Waals surface area contributed by atoms with Gasteiger partial charge in [-0.15, -0.1) is 0 Å². The third-order valence-corrected chi connectivity index (χ3v) is 12.2. The fourth-order valence-electron chi connectivity index (χ4n) is 9.63. The van der Waals surface area contributed by atoms with Crippen molar-refractivity contribution in [1.29, 1.82) is 0 Å². The molecule has 0 saturated carbocycles. The second-order valence-corrected chi connectivity index (χ2v) is 15.4. The minimum Gasteiger partial charge on any atom is -0.350 e. The number of hydrogen-bond donors (Lipinski definition) is 0. The summed E-state index contributed by atoms with van der Waals surface area (Å²) in [6, 6.07) is 70.7. The van der Waals surface area contributed by atoms with Crippen molar-refractivity contribution in [3.05, 3.63) is 194 Å². The smallest absolute Gasteiger partial charge is 0.0953 e. The van der Waals surface area contributed by atoms with E-state index in [0.717, 1.165) is 26.4 Å². The molecule has 278 valence electrons. The summed E-state index contributed by atoms with van der Waals surface area (Å²) in [4.78, 5) is 10.0. The van der Waals surface area contributed by atoms with Crippen LogP contribution < -0.4 is 19.6 Å². The molecule has 2 aliphatic heterocycles. The van der Waals surface area contributed by atoms with Crippen molar-refractivity contribution in [2.24, 2.45) is 0 Å². The third-order valence-electron chi connectivity index (χ3n) is 12.2. The maximum atomic E-state index is 2.54. The number of anilines is 6. The van der Waals surface area contributed by atoms with Crippen LogP contribution in [0.2, 0.25) is 0 Å². The van der Waals surface area contributed by atoms with Gasteiger partial charge in [0.05, 0.1) is 58.2 Å². The lowest BCUT2D eigenvalue weighted by Crippen LogP contribution is -2.37. The molecule has 8 aromatic carbocycles. The van der Waals surface area contributed by atoms with E-state index in [-0.39, 0.29) is 0 Å². The van der Waals surface area contributed by atoms with E-state index in [0.29, 0.717) is 0 Å². The van der Waals surface area contributed by atoms with E-state index in [1.165, 1.54) is 89.1 Å². The monoisotopic (exact) mass is 748 g/mol. The van der Waals surface area contributed by atoms with Gasteiger partial charge in [-0.1, -0.05) is 109 Å². The van der Waals surface area contributed by atoms with Crippen LogP contribution in [-0.2, 0) is 0 Å². The molecule has 12 rings (SSSR count). The van der Waals surface area contributed by atoms with Gasteiger partial charge in [0.25, 0.3) is 0 Å². The summed E-state index contributed by atoms with van der Waals surface area (Å²) < 4.78 is 4.81. The summed E-state index contributed by atoms with van der Waals surface area (Å²) in [6.07, 6.45) is 0. The summed E-state index contributed by atoms with van der Waals surface area (Å²) in [7, 11) is 0. The minimum atomic E-state index is 0.788. The highest BCUT2D eigenvalue weighted by molar-refractivity contribution is 6.10. The van der Waals surface area contributed by atoms with Crippen LogP contribution in [0.3, 0.4) is 0 Å². The molecular formula is C52H40N6. The Morgan fingerprint density at radius 2 is 0.603 bits per heavy atom. The molecule has 10 aromatic rings. The van der Waals surface area contributed by atoms with E-state index in [4.69, 9.17) is 0 Å². The number of nitrogens with zero attached hydrogens (tertiary/aromatic N) is 6. The molecule has 2 aliphatic rings. The Bertz CT molecular complexity index is 2870. The van der Waals surface area contributed by atoms with E-state index in [1.807, 2.05) is 0 Å². The molecule has 6 heteroatoms. The van der Waals surface area contributed by atoms with Crippen LogP contribution in [0.25, 0.3) is 55.0 Å². The first kappa shape index (κ1) is 32.8. The first-order chi connectivity index (χ1) is 28.8. The average Bonchev–Trinajstić information content (AvgIpc) is 4.04. The van der Waals surface area contributed by atoms with Crippen molar-refractivity contribution in [2.45, 2.75) is 0 Å². The number of hydrogen-bond acceptors (Lipinski definition) is 4. The van der Waals surface area contributed by atoms with Gasteiger partial charge >= 0.3 is 0 Å². The standard InChI is InChI=1S/C52H40N6/c1-5-23-45-41(19-1)42-20-2-6-24-46(42)57(45)39-17-13-15-37(33-39)55-35-53(49-27-9-11-29-51(49)55)31-32-54-36-56(52-30-12-10-28-50(52)54)38-16-14-18-40(34-38)58-47-25-7-3-21-43(47)44-22-4-8-26-48(44)58/h1-30,33-34H,31-32,35-36H2. The lowest BCUT2D eigenvalue weighted by atomic mass is 10.2. The number of aromatic nitrogens is 2. The number of para-hydroxylation sites is 8. The SMILES string of the molecule is c1cc(N2CN(CCN3CN(c4cccc(-n5c6ccccc6c6ccccc65)c4)c4ccccc43)c3ccccc32)cc(-n2c3ccccc3c3ccccc32)c1. The largest absolute Gasteiger partial charge is 0.350 e. The minimum absolute atomic E-state index is 0.788. The Balaban J connectivity index is 0.836. The molecule has 6 nitrogen and oxygen atoms in total. The van der Waals surface area contributed by atoms with E-state index in [1.54, 1.807) is 0 Å². The van der Waals surface area contributed by atoms with Crippen LogP contribution in [0.1, 0.15) is 0 Å². The molecule has 0 spiro atoms. The van der Waals surface area contributed by atoms with Crippen molar-refractivity contribution in [1.82, 2.24) is 9.13 Å². The second kappa shape index (κ2) is 13.1. The lowest BCUT2D eigenvalue weighted by Gasteiger charge is -2.27. The molecule has 0 N–H and O–H groups in total. The maximum Gasteiger partial charge on any atom is 0.0953 e. The molecule has 4 heterocycles. The zero-order chi connectivity index (χ0) is 38.2. The summed E-state index contributed by atoms with van der Waals surface area (Å²) in [6.45, 7) is 3.36. The Kier molecular flexibility index (Phi) is 7.38. The fraction of sp³-hybridized carbons (Fsp3) is 0.0769. The number of fused-ring (bicyclic) bond motifs is 8. The van der Waals surface area contributed by atoms with Crippen molar-refractivity contribution in [2.75, 3.05) is 46.0 Å². The summed E-state index contributed by atoms with van der Waals surface area (Å²) in [5.41, 5.74) is 14.6. The van der Waals surface area contributed by atoms with Crippen LogP contribution in [-0.4, -0.2) is 35.6 Å². The molecule has 2 aromatic heterocycles. The highest BCUT2D eigenvalue weighted by Gasteiger charge is 2.31. The predicted octanol–water partition coefficient (Wildman–Crippen LogP) is 12.4. The first-order valence-electron chi connectivity index (χ1n) is 20.2. The van der Waals surface area contributed by atoms with Crippen LogP contribution in [0.15, 0.2) is 194 Å².